The normalized spacial score (nSPS) is 11.0. The van der Waals surface area contributed by atoms with Gasteiger partial charge in [-0.15, -0.1) is 10.2 Å². The van der Waals surface area contributed by atoms with E-state index in [1.807, 2.05) is 53.1 Å². The van der Waals surface area contributed by atoms with E-state index in [1.54, 1.807) is 24.2 Å². The summed E-state index contributed by atoms with van der Waals surface area (Å²) in [5.41, 5.74) is 2.21. The molecular weight excluding hydrogens is 302 g/mol. The number of hydrogen-bond donors (Lipinski definition) is 0. The monoisotopic (exact) mass is 317 g/mol. The van der Waals surface area contributed by atoms with E-state index in [1.165, 1.54) is 0 Å². The van der Waals surface area contributed by atoms with Gasteiger partial charge in [0.1, 0.15) is 0 Å². The van der Waals surface area contributed by atoms with Gasteiger partial charge in [-0.2, -0.15) is 0 Å². The lowest BCUT2D eigenvalue weighted by Crippen LogP contribution is -2.27. The Morgan fingerprint density at radius 1 is 1.08 bits per heavy atom. The molecule has 3 aromatic heterocycles. The standard InChI is InChI=1S/C18H15N5O/c1-22(12-17-21-20-16-8-4-5-11-23(16)17)18(24)14-9-10-19-15-7-3-2-6-13(14)15/h2-11H,12H2,1H3. The van der Waals surface area contributed by atoms with Crippen LogP contribution in [0, 0.1) is 0 Å². The van der Waals surface area contributed by atoms with Crippen molar-refractivity contribution in [1.82, 2.24) is 24.5 Å². The third-order valence-electron chi connectivity index (χ3n) is 3.99. The van der Waals surface area contributed by atoms with Gasteiger partial charge in [0.2, 0.25) is 0 Å². The molecular formula is C18H15N5O. The molecule has 0 unspecified atom stereocenters. The maximum absolute atomic E-state index is 12.9. The highest BCUT2D eigenvalue weighted by molar-refractivity contribution is 6.05. The first kappa shape index (κ1) is 14.3. The van der Waals surface area contributed by atoms with Gasteiger partial charge in [-0.1, -0.05) is 24.3 Å². The summed E-state index contributed by atoms with van der Waals surface area (Å²) >= 11 is 0. The first-order chi connectivity index (χ1) is 11.7. The summed E-state index contributed by atoms with van der Waals surface area (Å²) in [6.07, 6.45) is 3.56. The van der Waals surface area contributed by atoms with E-state index in [4.69, 9.17) is 0 Å². The molecule has 0 atom stereocenters. The molecule has 0 N–H and O–H groups in total. The molecule has 0 radical (unpaired) electrons. The van der Waals surface area contributed by atoms with Gasteiger partial charge in [-0.25, -0.2) is 0 Å². The second-order valence-corrected chi connectivity index (χ2v) is 5.58. The molecule has 3 heterocycles. The zero-order valence-electron chi connectivity index (χ0n) is 13.1. The van der Waals surface area contributed by atoms with Crippen molar-refractivity contribution in [2.75, 3.05) is 7.05 Å². The minimum atomic E-state index is -0.0683. The molecule has 0 aliphatic heterocycles. The fraction of sp³-hybridized carbons (Fsp3) is 0.111. The molecule has 0 saturated carbocycles. The van der Waals surface area contributed by atoms with Crippen LogP contribution >= 0.6 is 0 Å². The highest BCUT2D eigenvalue weighted by atomic mass is 16.2. The van der Waals surface area contributed by atoms with Crippen LogP contribution in [0.5, 0.6) is 0 Å². The zero-order valence-corrected chi connectivity index (χ0v) is 13.1. The number of para-hydroxylation sites is 1. The summed E-state index contributed by atoms with van der Waals surface area (Å²) in [7, 11) is 1.77. The van der Waals surface area contributed by atoms with Gasteiger partial charge in [0.25, 0.3) is 5.91 Å². The Bertz CT molecular complexity index is 1030. The molecule has 6 nitrogen and oxygen atoms in total. The maximum Gasteiger partial charge on any atom is 0.254 e. The number of rotatable bonds is 3. The number of nitrogens with zero attached hydrogens (tertiary/aromatic N) is 5. The lowest BCUT2D eigenvalue weighted by atomic mass is 10.1. The highest BCUT2D eigenvalue weighted by Crippen LogP contribution is 2.18. The van der Waals surface area contributed by atoms with Crippen molar-refractivity contribution in [1.29, 1.82) is 0 Å². The van der Waals surface area contributed by atoms with Crippen molar-refractivity contribution in [3.05, 3.63) is 72.3 Å². The molecule has 4 rings (SSSR count). The third-order valence-corrected chi connectivity index (χ3v) is 3.99. The number of amides is 1. The number of hydrogen-bond acceptors (Lipinski definition) is 4. The van der Waals surface area contributed by atoms with Crippen LogP contribution < -0.4 is 0 Å². The molecule has 1 aromatic carbocycles. The molecule has 0 spiro atoms. The van der Waals surface area contributed by atoms with Gasteiger partial charge in [0, 0.05) is 24.8 Å². The Morgan fingerprint density at radius 3 is 2.83 bits per heavy atom. The molecule has 0 bridgehead atoms. The number of carbonyl (C=O) groups is 1. The number of fused-ring (bicyclic) bond motifs is 2. The highest BCUT2D eigenvalue weighted by Gasteiger charge is 2.17. The largest absolute Gasteiger partial charge is 0.334 e. The van der Waals surface area contributed by atoms with Crippen LogP contribution in [0.2, 0.25) is 0 Å². The van der Waals surface area contributed by atoms with Gasteiger partial charge in [-0.3, -0.25) is 14.2 Å². The summed E-state index contributed by atoms with van der Waals surface area (Å²) < 4.78 is 1.88. The Labute approximate surface area is 138 Å². The van der Waals surface area contributed by atoms with Crippen molar-refractivity contribution in [2.45, 2.75) is 6.54 Å². The van der Waals surface area contributed by atoms with E-state index in [9.17, 15) is 4.79 Å². The van der Waals surface area contributed by atoms with Gasteiger partial charge in [0.05, 0.1) is 17.6 Å². The second kappa shape index (κ2) is 5.73. The Balaban J connectivity index is 1.66. The van der Waals surface area contributed by atoms with E-state index in [0.717, 1.165) is 22.4 Å². The lowest BCUT2D eigenvalue weighted by molar-refractivity contribution is 0.0783. The first-order valence-corrected chi connectivity index (χ1v) is 7.62. The number of pyridine rings is 2. The van der Waals surface area contributed by atoms with Crippen molar-refractivity contribution < 1.29 is 4.79 Å². The molecule has 0 aliphatic rings. The quantitative estimate of drug-likeness (QED) is 0.582. The summed E-state index contributed by atoms with van der Waals surface area (Å²) in [5.74, 6) is 0.654. The van der Waals surface area contributed by atoms with Gasteiger partial charge >= 0.3 is 0 Å². The van der Waals surface area contributed by atoms with Crippen LogP contribution in [0.1, 0.15) is 16.2 Å². The van der Waals surface area contributed by atoms with Crippen LogP contribution in [-0.4, -0.2) is 37.4 Å². The molecule has 4 aromatic rings. The zero-order chi connectivity index (χ0) is 16.5. The van der Waals surface area contributed by atoms with Gasteiger partial charge in [0.15, 0.2) is 11.5 Å². The van der Waals surface area contributed by atoms with Crippen LogP contribution in [0.4, 0.5) is 0 Å². The summed E-state index contributed by atoms with van der Waals surface area (Å²) in [6.45, 7) is 0.376. The summed E-state index contributed by atoms with van der Waals surface area (Å²) in [5, 5.41) is 9.15. The van der Waals surface area contributed by atoms with Crippen molar-refractivity contribution in [3.8, 4) is 0 Å². The van der Waals surface area contributed by atoms with Crippen molar-refractivity contribution >= 4 is 22.5 Å². The molecule has 118 valence electrons. The third kappa shape index (κ3) is 2.38. The van der Waals surface area contributed by atoms with E-state index in [-0.39, 0.29) is 5.91 Å². The van der Waals surface area contributed by atoms with Crippen molar-refractivity contribution in [2.24, 2.45) is 0 Å². The fourth-order valence-electron chi connectivity index (χ4n) is 2.77. The lowest BCUT2D eigenvalue weighted by Gasteiger charge is -2.17. The minimum absolute atomic E-state index is 0.0683. The van der Waals surface area contributed by atoms with Gasteiger partial charge in [-0.05, 0) is 24.3 Å². The SMILES string of the molecule is CN(Cc1nnc2ccccn12)C(=O)c1ccnc2ccccc12. The van der Waals surface area contributed by atoms with E-state index < -0.39 is 0 Å². The molecule has 0 saturated heterocycles. The Morgan fingerprint density at radius 2 is 1.92 bits per heavy atom. The summed E-state index contributed by atoms with van der Waals surface area (Å²) in [4.78, 5) is 18.8. The minimum Gasteiger partial charge on any atom is -0.334 e. The Kier molecular flexibility index (Phi) is 3.42. The van der Waals surface area contributed by atoms with E-state index in [2.05, 4.69) is 15.2 Å². The average molecular weight is 317 g/mol. The maximum atomic E-state index is 12.9. The predicted molar refractivity (Wildman–Crippen MR) is 90.5 cm³/mol. The van der Waals surface area contributed by atoms with E-state index >= 15 is 0 Å². The molecule has 24 heavy (non-hydrogen) atoms. The fourth-order valence-corrected chi connectivity index (χ4v) is 2.77. The number of carbonyl (C=O) groups excluding carboxylic acids is 1. The van der Waals surface area contributed by atoms with Crippen LogP contribution in [-0.2, 0) is 6.54 Å². The number of benzene rings is 1. The Hall–Kier alpha value is -3.28. The van der Waals surface area contributed by atoms with Crippen LogP contribution in [0.15, 0.2) is 60.9 Å². The molecule has 1 amide bonds. The molecule has 6 heteroatoms. The second-order valence-electron chi connectivity index (χ2n) is 5.58. The molecule has 0 aliphatic carbocycles. The van der Waals surface area contributed by atoms with E-state index in [0.29, 0.717) is 12.1 Å². The number of aromatic nitrogens is 4. The van der Waals surface area contributed by atoms with Crippen LogP contribution in [0.3, 0.4) is 0 Å². The predicted octanol–water partition coefficient (Wildman–Crippen LogP) is 2.55. The summed E-state index contributed by atoms with van der Waals surface area (Å²) in [6, 6.07) is 15.1. The molecule has 0 fully saturated rings. The topological polar surface area (TPSA) is 63.4 Å². The van der Waals surface area contributed by atoms with Crippen LogP contribution in [0.25, 0.3) is 16.6 Å². The average Bonchev–Trinajstić information content (AvgIpc) is 3.03. The smallest absolute Gasteiger partial charge is 0.254 e. The first-order valence-electron chi connectivity index (χ1n) is 7.62. The van der Waals surface area contributed by atoms with Gasteiger partial charge < -0.3 is 4.90 Å². The van der Waals surface area contributed by atoms with Crippen molar-refractivity contribution in [3.63, 3.8) is 0 Å².